The van der Waals surface area contributed by atoms with Gasteiger partial charge in [0, 0.05) is 22.3 Å². The van der Waals surface area contributed by atoms with Crippen LogP contribution in [0.5, 0.6) is 11.5 Å². The van der Waals surface area contributed by atoms with Gasteiger partial charge in [-0.05, 0) is 36.1 Å². The second-order valence-electron chi connectivity index (χ2n) is 13.3. The highest BCUT2D eigenvalue weighted by Gasteiger charge is 2.19. The molecule has 0 bridgehead atoms. The maximum absolute atomic E-state index is 6.52. The first-order valence-electron chi connectivity index (χ1n) is 19.2. The van der Waals surface area contributed by atoms with E-state index in [9.17, 15) is 0 Å². The lowest BCUT2D eigenvalue weighted by molar-refractivity contribution is -0.0443. The zero-order valence-corrected chi connectivity index (χ0v) is 30.4. The summed E-state index contributed by atoms with van der Waals surface area (Å²) in [5.41, 5.74) is 6.31. The van der Waals surface area contributed by atoms with Crippen LogP contribution in [0.4, 0.5) is 0 Å². The molecule has 0 atom stereocenters. The smallest absolute Gasteiger partial charge is 0.184 e. The first-order valence-corrected chi connectivity index (χ1v) is 19.2. The van der Waals surface area contributed by atoms with Gasteiger partial charge in [0.15, 0.2) is 12.6 Å². The average Bonchev–Trinajstić information content (AvgIpc) is 3.90. The van der Waals surface area contributed by atoms with Crippen LogP contribution in [-0.2, 0) is 18.9 Å². The molecule has 270 valence electrons. The Morgan fingerprint density at radius 1 is 0.480 bits per heavy atom. The molecule has 0 saturated carbocycles. The maximum Gasteiger partial charge on any atom is 0.184 e. The third kappa shape index (κ3) is 12.4. The van der Waals surface area contributed by atoms with Crippen LogP contribution in [0.1, 0.15) is 137 Å². The van der Waals surface area contributed by atoms with Crippen LogP contribution in [0.2, 0.25) is 0 Å². The average molecular weight is 683 g/mol. The molecule has 0 N–H and O–H groups in total. The summed E-state index contributed by atoms with van der Waals surface area (Å²) in [4.78, 5) is 0. The number of unbranched alkanes of at least 4 members (excludes halogenated alkanes) is 10. The lowest BCUT2D eigenvalue weighted by atomic mass is 10.0. The van der Waals surface area contributed by atoms with Crippen molar-refractivity contribution in [1.82, 2.24) is 0 Å². The largest absolute Gasteiger partial charge is 0.493 e. The van der Waals surface area contributed by atoms with Gasteiger partial charge < -0.3 is 28.4 Å². The predicted molar refractivity (Wildman–Crippen MR) is 204 cm³/mol. The molecule has 50 heavy (non-hydrogen) atoms. The van der Waals surface area contributed by atoms with Crippen LogP contribution in [0.25, 0.3) is 24.3 Å². The van der Waals surface area contributed by atoms with Gasteiger partial charge in [-0.25, -0.2) is 0 Å². The lowest BCUT2D eigenvalue weighted by Gasteiger charge is -2.16. The molecule has 0 aromatic heterocycles. The van der Waals surface area contributed by atoms with E-state index in [1.807, 2.05) is 0 Å². The van der Waals surface area contributed by atoms with Crippen LogP contribution in [0.15, 0.2) is 60.7 Å². The van der Waals surface area contributed by atoms with E-state index >= 15 is 0 Å². The molecule has 5 rings (SSSR count). The molecule has 2 aliphatic heterocycles. The Morgan fingerprint density at radius 2 is 0.840 bits per heavy atom. The van der Waals surface area contributed by atoms with Gasteiger partial charge in [0.25, 0.3) is 0 Å². The van der Waals surface area contributed by atoms with Crippen molar-refractivity contribution in [2.75, 3.05) is 39.6 Å². The van der Waals surface area contributed by atoms with Gasteiger partial charge in [-0.15, -0.1) is 0 Å². The van der Waals surface area contributed by atoms with Gasteiger partial charge in [0.2, 0.25) is 0 Å². The highest BCUT2D eigenvalue weighted by molar-refractivity contribution is 5.79. The summed E-state index contributed by atoms with van der Waals surface area (Å²) < 4.78 is 35.7. The summed E-state index contributed by atoms with van der Waals surface area (Å²) >= 11 is 0. The second-order valence-corrected chi connectivity index (χ2v) is 13.3. The van der Waals surface area contributed by atoms with Crippen molar-refractivity contribution in [3.63, 3.8) is 0 Å². The van der Waals surface area contributed by atoms with E-state index in [1.165, 1.54) is 64.2 Å². The molecule has 0 unspecified atom stereocenters. The summed E-state index contributed by atoms with van der Waals surface area (Å²) in [7, 11) is 0. The quantitative estimate of drug-likeness (QED) is 0.0776. The third-order valence-corrected chi connectivity index (χ3v) is 9.22. The van der Waals surface area contributed by atoms with E-state index in [2.05, 4.69) is 98.8 Å². The molecule has 2 aliphatic rings. The minimum Gasteiger partial charge on any atom is -0.493 e. The molecule has 3 aromatic rings. The van der Waals surface area contributed by atoms with E-state index < -0.39 is 0 Å². The normalized spacial score (nSPS) is 15.6. The standard InChI is InChI=1S/C44H58O6/c1-3-5-7-9-11-13-27-45-41-33-40(26-20-36-17-23-38(24-18-36)44-49-31-32-50-44)42(46-28-14-12-10-8-6-4-2)34-39(41)25-19-35-15-21-37(22-16-35)43-47-29-30-48-43/h15-26,33-34,43-44H,3-14,27-32H2,1-2H3/b25-19+,26-20+. The van der Waals surface area contributed by atoms with Crippen molar-refractivity contribution in [3.05, 3.63) is 94.0 Å². The summed E-state index contributed by atoms with van der Waals surface area (Å²) in [6.45, 7) is 8.45. The number of hydrogen-bond acceptors (Lipinski definition) is 6. The molecule has 2 heterocycles. The molecule has 6 nitrogen and oxygen atoms in total. The van der Waals surface area contributed by atoms with Gasteiger partial charge in [-0.2, -0.15) is 0 Å². The highest BCUT2D eigenvalue weighted by Crippen LogP contribution is 2.33. The summed E-state index contributed by atoms with van der Waals surface area (Å²) in [6, 6.07) is 21.0. The van der Waals surface area contributed by atoms with Crippen LogP contribution >= 0.6 is 0 Å². The topological polar surface area (TPSA) is 55.4 Å². The van der Waals surface area contributed by atoms with Crippen LogP contribution in [0.3, 0.4) is 0 Å². The lowest BCUT2D eigenvalue weighted by Crippen LogP contribution is -2.03. The van der Waals surface area contributed by atoms with Crippen molar-refractivity contribution in [2.24, 2.45) is 0 Å². The first kappa shape index (κ1) is 37.8. The van der Waals surface area contributed by atoms with E-state index in [0.717, 1.165) is 57.7 Å². The number of ether oxygens (including phenoxy) is 6. The van der Waals surface area contributed by atoms with Gasteiger partial charge in [0.05, 0.1) is 39.6 Å². The highest BCUT2D eigenvalue weighted by atomic mass is 16.7. The number of benzene rings is 3. The van der Waals surface area contributed by atoms with Gasteiger partial charge in [0.1, 0.15) is 11.5 Å². The van der Waals surface area contributed by atoms with Gasteiger partial charge in [-0.1, -0.05) is 151 Å². The fraction of sp³-hybridized carbons (Fsp3) is 0.500. The predicted octanol–water partition coefficient (Wildman–Crippen LogP) is 11.6. The van der Waals surface area contributed by atoms with Crippen molar-refractivity contribution < 1.29 is 28.4 Å². The molecule has 0 radical (unpaired) electrons. The van der Waals surface area contributed by atoms with E-state index in [-0.39, 0.29) is 12.6 Å². The zero-order chi connectivity index (χ0) is 34.6. The van der Waals surface area contributed by atoms with E-state index in [1.54, 1.807) is 0 Å². The number of hydrogen-bond donors (Lipinski definition) is 0. The minimum atomic E-state index is -0.268. The monoisotopic (exact) mass is 682 g/mol. The molecule has 2 saturated heterocycles. The summed E-state index contributed by atoms with van der Waals surface area (Å²) in [5, 5.41) is 0. The zero-order valence-electron chi connectivity index (χ0n) is 30.4. The molecule has 0 amide bonds. The maximum atomic E-state index is 6.52. The molecule has 6 heteroatoms. The Hall–Kier alpha value is -3.42. The second kappa shape index (κ2) is 21.7. The van der Waals surface area contributed by atoms with Crippen LogP contribution in [-0.4, -0.2) is 39.6 Å². The summed E-state index contributed by atoms with van der Waals surface area (Å²) in [6.07, 6.45) is 22.7. The van der Waals surface area contributed by atoms with E-state index in [4.69, 9.17) is 28.4 Å². The Labute approximate surface area is 300 Å². The van der Waals surface area contributed by atoms with Gasteiger partial charge in [-0.3, -0.25) is 0 Å². The fourth-order valence-electron chi connectivity index (χ4n) is 6.23. The Kier molecular flexibility index (Phi) is 16.4. The SMILES string of the molecule is CCCCCCCCOc1cc(/C=C/c2ccc(C3OCCO3)cc2)c(OCCCCCCCC)cc1/C=C/c1ccc(C2OCCO2)cc1. The van der Waals surface area contributed by atoms with Crippen molar-refractivity contribution >= 4 is 24.3 Å². The first-order chi connectivity index (χ1) is 24.7. The van der Waals surface area contributed by atoms with Gasteiger partial charge >= 0.3 is 0 Å². The molecule has 2 fully saturated rings. The Morgan fingerprint density at radius 3 is 1.22 bits per heavy atom. The fourth-order valence-corrected chi connectivity index (χ4v) is 6.23. The Bertz CT molecular complexity index is 1320. The number of rotatable bonds is 22. The summed E-state index contributed by atoms with van der Waals surface area (Å²) in [5.74, 6) is 1.74. The Balaban J connectivity index is 1.35. The van der Waals surface area contributed by atoms with Crippen molar-refractivity contribution in [2.45, 2.75) is 103 Å². The molecule has 0 aliphatic carbocycles. The third-order valence-electron chi connectivity index (χ3n) is 9.22. The van der Waals surface area contributed by atoms with Crippen LogP contribution < -0.4 is 9.47 Å². The molecular weight excluding hydrogens is 624 g/mol. The van der Waals surface area contributed by atoms with Crippen molar-refractivity contribution in [3.8, 4) is 11.5 Å². The minimum absolute atomic E-state index is 0.268. The van der Waals surface area contributed by atoms with Crippen molar-refractivity contribution in [1.29, 1.82) is 0 Å². The molecule has 0 spiro atoms. The van der Waals surface area contributed by atoms with E-state index in [0.29, 0.717) is 39.6 Å². The molecular formula is C44H58O6. The molecule has 3 aromatic carbocycles. The van der Waals surface area contributed by atoms with Crippen LogP contribution in [0, 0.1) is 0 Å².